The van der Waals surface area contributed by atoms with Gasteiger partial charge in [0, 0.05) is 18.5 Å². The number of nitrogens with zero attached hydrogens (tertiary/aromatic N) is 1. The standard InChI is InChI=1S/C11H16N2O4/c1-7(4-3-5-10(14)15)12-11(16)9-6-8(2)17-13-9/h6-7H,3-5H2,1-2H3,(H,12,16)(H,14,15). The molecule has 17 heavy (non-hydrogen) atoms. The number of aliphatic carboxylic acids is 1. The highest BCUT2D eigenvalue weighted by Crippen LogP contribution is 2.04. The maximum Gasteiger partial charge on any atom is 0.303 e. The van der Waals surface area contributed by atoms with E-state index in [-0.39, 0.29) is 24.1 Å². The minimum atomic E-state index is -0.823. The highest BCUT2D eigenvalue weighted by Gasteiger charge is 2.13. The lowest BCUT2D eigenvalue weighted by Gasteiger charge is -2.11. The first-order valence-corrected chi connectivity index (χ1v) is 5.45. The van der Waals surface area contributed by atoms with Crippen LogP contribution in [-0.2, 0) is 4.79 Å². The zero-order valence-corrected chi connectivity index (χ0v) is 9.90. The lowest BCUT2D eigenvalue weighted by molar-refractivity contribution is -0.137. The number of carbonyl (C=O) groups excluding carboxylic acids is 1. The summed E-state index contributed by atoms with van der Waals surface area (Å²) in [7, 11) is 0. The first-order valence-electron chi connectivity index (χ1n) is 5.45. The van der Waals surface area contributed by atoms with Crippen molar-refractivity contribution >= 4 is 11.9 Å². The molecule has 0 saturated heterocycles. The van der Waals surface area contributed by atoms with Crippen LogP contribution in [0.25, 0.3) is 0 Å². The Morgan fingerprint density at radius 1 is 1.59 bits per heavy atom. The molecule has 6 nitrogen and oxygen atoms in total. The molecule has 0 aliphatic carbocycles. The number of carbonyl (C=O) groups is 2. The molecule has 1 rings (SSSR count). The fourth-order valence-electron chi connectivity index (χ4n) is 1.40. The molecule has 0 bridgehead atoms. The Morgan fingerprint density at radius 2 is 2.29 bits per heavy atom. The van der Waals surface area contributed by atoms with Crippen LogP contribution < -0.4 is 5.32 Å². The Labute approximate surface area is 99.0 Å². The quantitative estimate of drug-likeness (QED) is 0.783. The van der Waals surface area contributed by atoms with Gasteiger partial charge in [0.2, 0.25) is 0 Å². The molecule has 1 heterocycles. The molecule has 1 aromatic rings. The molecule has 0 aromatic carbocycles. The Morgan fingerprint density at radius 3 is 2.82 bits per heavy atom. The van der Waals surface area contributed by atoms with Gasteiger partial charge in [-0.2, -0.15) is 0 Å². The fraction of sp³-hybridized carbons (Fsp3) is 0.545. The number of carboxylic acid groups (broad SMARTS) is 1. The van der Waals surface area contributed by atoms with Gasteiger partial charge in [-0.05, 0) is 26.7 Å². The van der Waals surface area contributed by atoms with E-state index >= 15 is 0 Å². The summed E-state index contributed by atoms with van der Waals surface area (Å²) in [6, 6.07) is 1.47. The van der Waals surface area contributed by atoms with Crippen molar-refractivity contribution in [3.05, 3.63) is 17.5 Å². The Balaban J connectivity index is 2.33. The molecule has 0 fully saturated rings. The molecule has 1 atom stereocenters. The maximum atomic E-state index is 11.6. The normalized spacial score (nSPS) is 12.1. The van der Waals surface area contributed by atoms with Crippen molar-refractivity contribution in [3.8, 4) is 0 Å². The highest BCUT2D eigenvalue weighted by atomic mass is 16.5. The monoisotopic (exact) mass is 240 g/mol. The predicted molar refractivity (Wildman–Crippen MR) is 59.7 cm³/mol. The molecule has 1 unspecified atom stereocenters. The van der Waals surface area contributed by atoms with Gasteiger partial charge in [-0.15, -0.1) is 0 Å². The number of aryl methyl sites for hydroxylation is 1. The van der Waals surface area contributed by atoms with E-state index in [1.165, 1.54) is 0 Å². The third-order valence-corrected chi connectivity index (χ3v) is 2.27. The summed E-state index contributed by atoms with van der Waals surface area (Å²) in [6.45, 7) is 3.53. The molecule has 0 saturated carbocycles. The summed E-state index contributed by atoms with van der Waals surface area (Å²) in [5, 5.41) is 14.8. The molecule has 1 amide bonds. The van der Waals surface area contributed by atoms with Gasteiger partial charge in [0.25, 0.3) is 5.91 Å². The summed E-state index contributed by atoms with van der Waals surface area (Å²) < 4.78 is 4.79. The lowest BCUT2D eigenvalue weighted by Crippen LogP contribution is -2.32. The van der Waals surface area contributed by atoms with E-state index in [4.69, 9.17) is 9.63 Å². The van der Waals surface area contributed by atoms with Gasteiger partial charge >= 0.3 is 5.97 Å². The van der Waals surface area contributed by atoms with Crippen molar-refractivity contribution in [2.75, 3.05) is 0 Å². The number of hydrogen-bond donors (Lipinski definition) is 2. The molecular weight excluding hydrogens is 224 g/mol. The van der Waals surface area contributed by atoms with Crippen molar-refractivity contribution in [1.82, 2.24) is 10.5 Å². The highest BCUT2D eigenvalue weighted by molar-refractivity contribution is 5.92. The average molecular weight is 240 g/mol. The van der Waals surface area contributed by atoms with Crippen LogP contribution >= 0.6 is 0 Å². The van der Waals surface area contributed by atoms with Crippen LogP contribution in [0.4, 0.5) is 0 Å². The number of carboxylic acids is 1. The molecule has 0 radical (unpaired) electrons. The molecule has 0 aliphatic rings. The second kappa shape index (κ2) is 6.03. The van der Waals surface area contributed by atoms with Crippen LogP contribution in [0.2, 0.25) is 0 Å². The third kappa shape index (κ3) is 4.67. The SMILES string of the molecule is Cc1cc(C(=O)NC(C)CCCC(=O)O)no1. The van der Waals surface area contributed by atoms with Gasteiger partial charge in [0.1, 0.15) is 5.76 Å². The van der Waals surface area contributed by atoms with Crippen LogP contribution in [-0.4, -0.2) is 28.2 Å². The summed E-state index contributed by atoms with van der Waals surface area (Å²) >= 11 is 0. The molecule has 2 N–H and O–H groups in total. The van der Waals surface area contributed by atoms with Crippen molar-refractivity contribution < 1.29 is 19.2 Å². The summed E-state index contributed by atoms with van der Waals surface area (Å²) in [6.07, 6.45) is 1.27. The van der Waals surface area contributed by atoms with Crippen molar-refractivity contribution in [2.45, 2.75) is 39.2 Å². The molecule has 0 spiro atoms. The summed E-state index contributed by atoms with van der Waals surface area (Å²) in [5.41, 5.74) is 0.243. The zero-order chi connectivity index (χ0) is 12.8. The average Bonchev–Trinajstić information content (AvgIpc) is 2.64. The van der Waals surface area contributed by atoms with E-state index in [2.05, 4.69) is 10.5 Å². The minimum absolute atomic E-state index is 0.0844. The van der Waals surface area contributed by atoms with E-state index in [1.54, 1.807) is 13.0 Å². The second-order valence-corrected chi connectivity index (χ2v) is 3.98. The molecule has 1 aromatic heterocycles. The summed E-state index contributed by atoms with van der Waals surface area (Å²) in [5.74, 6) is -0.547. The van der Waals surface area contributed by atoms with Gasteiger partial charge in [0.15, 0.2) is 5.69 Å². The van der Waals surface area contributed by atoms with E-state index in [0.29, 0.717) is 18.6 Å². The first kappa shape index (κ1) is 13.2. The van der Waals surface area contributed by atoms with E-state index in [9.17, 15) is 9.59 Å². The number of amides is 1. The van der Waals surface area contributed by atoms with E-state index < -0.39 is 5.97 Å². The van der Waals surface area contributed by atoms with Crippen molar-refractivity contribution in [3.63, 3.8) is 0 Å². The number of hydrogen-bond acceptors (Lipinski definition) is 4. The van der Waals surface area contributed by atoms with E-state index in [1.807, 2.05) is 6.92 Å². The van der Waals surface area contributed by atoms with Gasteiger partial charge < -0.3 is 14.9 Å². The Kier molecular flexibility index (Phi) is 4.68. The van der Waals surface area contributed by atoms with Gasteiger partial charge in [-0.3, -0.25) is 9.59 Å². The number of nitrogens with one attached hydrogen (secondary N) is 1. The number of aromatic nitrogens is 1. The van der Waals surface area contributed by atoms with Crippen LogP contribution in [0.3, 0.4) is 0 Å². The molecular formula is C11H16N2O4. The van der Waals surface area contributed by atoms with Crippen LogP contribution in [0.5, 0.6) is 0 Å². The molecule has 94 valence electrons. The predicted octanol–water partition coefficient (Wildman–Crippen LogP) is 1.36. The Hall–Kier alpha value is -1.85. The third-order valence-electron chi connectivity index (χ3n) is 2.27. The first-order chi connectivity index (χ1) is 7.99. The van der Waals surface area contributed by atoms with Crippen LogP contribution in [0.1, 0.15) is 42.4 Å². The second-order valence-electron chi connectivity index (χ2n) is 3.98. The van der Waals surface area contributed by atoms with Gasteiger partial charge in [-0.25, -0.2) is 0 Å². The maximum absolute atomic E-state index is 11.6. The topological polar surface area (TPSA) is 92.4 Å². The largest absolute Gasteiger partial charge is 0.481 e. The van der Waals surface area contributed by atoms with Crippen LogP contribution in [0.15, 0.2) is 10.6 Å². The summed E-state index contributed by atoms with van der Waals surface area (Å²) in [4.78, 5) is 21.9. The van der Waals surface area contributed by atoms with Crippen LogP contribution in [0, 0.1) is 6.92 Å². The smallest absolute Gasteiger partial charge is 0.303 e. The van der Waals surface area contributed by atoms with Gasteiger partial charge in [0.05, 0.1) is 0 Å². The van der Waals surface area contributed by atoms with Crippen molar-refractivity contribution in [2.24, 2.45) is 0 Å². The fourth-order valence-corrected chi connectivity index (χ4v) is 1.40. The molecule has 0 aliphatic heterocycles. The Bertz CT molecular complexity index is 400. The number of rotatable bonds is 6. The zero-order valence-electron chi connectivity index (χ0n) is 9.90. The minimum Gasteiger partial charge on any atom is -0.481 e. The lowest BCUT2D eigenvalue weighted by atomic mass is 10.1. The van der Waals surface area contributed by atoms with Crippen molar-refractivity contribution in [1.29, 1.82) is 0 Å². The molecule has 6 heteroatoms. The van der Waals surface area contributed by atoms with E-state index in [0.717, 1.165) is 0 Å². The van der Waals surface area contributed by atoms with Gasteiger partial charge in [-0.1, -0.05) is 5.16 Å².